The number of carbonyl (C=O) groups is 4. The zero-order valence-corrected chi connectivity index (χ0v) is 25.5. The molecule has 0 aromatic heterocycles. The molecule has 0 amide bonds. The number of rotatable bonds is 8. The Kier molecular flexibility index (Phi) is 9.10. The molecule has 0 radical (unpaired) electrons. The molecule has 40 heavy (non-hydrogen) atoms. The van der Waals surface area contributed by atoms with E-state index in [4.69, 9.17) is 88.6 Å². The van der Waals surface area contributed by atoms with Crippen LogP contribution < -0.4 is 9.47 Å². The fraction of sp³-hybridized carbons (Fsp3) is 0.385. The number of carbonyl (C=O) groups excluding carboxylic acids is 4. The van der Waals surface area contributed by atoms with Gasteiger partial charge in [0, 0.05) is 10.8 Å². The maximum absolute atomic E-state index is 12.9. The average Bonchev–Trinajstić information content (AvgIpc) is 3.81. The summed E-state index contributed by atoms with van der Waals surface area (Å²) < 4.78 is 20.8. The first-order valence-electron chi connectivity index (χ1n) is 11.8. The first-order chi connectivity index (χ1) is 18.6. The smallest absolute Gasteiger partial charge is 0.423 e. The highest BCUT2D eigenvalue weighted by atomic mass is 35.5. The molecule has 0 atom stereocenters. The molecule has 14 heteroatoms. The maximum Gasteiger partial charge on any atom is 0.423 e. The first-order valence-corrected chi connectivity index (χ1v) is 14.0. The van der Waals surface area contributed by atoms with E-state index in [1.807, 2.05) is 13.8 Å². The summed E-state index contributed by atoms with van der Waals surface area (Å²) in [6.45, 7) is 4.01. The van der Waals surface area contributed by atoms with Gasteiger partial charge in [0.2, 0.25) is 0 Å². The largest absolute Gasteiger partial charge is 0.461 e. The standard InChI is InChI=1S/C26H20Cl6O8/c1-25(3-4-25)9-37-21(33)15-17(31)11(27)7-13(29)19(15)39-23(35)24(36)40-20-14(30)8-12(28)18(32)16(20)22(34)38-10-26(2)5-6-26/h7-8H,3-6,9-10H2,1-2H3. The summed E-state index contributed by atoms with van der Waals surface area (Å²) in [7, 11) is 0. The van der Waals surface area contributed by atoms with Crippen molar-refractivity contribution in [1.29, 1.82) is 0 Å². The van der Waals surface area contributed by atoms with Crippen LogP contribution in [-0.4, -0.2) is 37.1 Å². The second-order valence-corrected chi connectivity index (χ2v) is 12.7. The highest BCUT2D eigenvalue weighted by Gasteiger charge is 2.40. The van der Waals surface area contributed by atoms with Crippen LogP contribution in [0.2, 0.25) is 30.1 Å². The van der Waals surface area contributed by atoms with Gasteiger partial charge in [-0.1, -0.05) is 83.5 Å². The average molecular weight is 673 g/mol. The van der Waals surface area contributed by atoms with E-state index in [1.165, 1.54) is 0 Å². The third kappa shape index (κ3) is 6.92. The second kappa shape index (κ2) is 11.7. The van der Waals surface area contributed by atoms with E-state index in [2.05, 4.69) is 0 Å². The molecule has 2 aliphatic carbocycles. The Morgan fingerprint density at radius 3 is 1.25 bits per heavy atom. The molecule has 0 bridgehead atoms. The number of hydrogen-bond acceptors (Lipinski definition) is 8. The minimum absolute atomic E-state index is 0.0789. The summed E-state index contributed by atoms with van der Waals surface area (Å²) in [5, 5.41) is -1.49. The number of benzene rings is 2. The molecule has 0 N–H and O–H groups in total. The Bertz CT molecular complexity index is 1320. The lowest BCUT2D eigenvalue weighted by Crippen LogP contribution is -2.27. The predicted molar refractivity (Wildman–Crippen MR) is 149 cm³/mol. The van der Waals surface area contributed by atoms with Crippen LogP contribution in [0.4, 0.5) is 0 Å². The van der Waals surface area contributed by atoms with Gasteiger partial charge < -0.3 is 18.9 Å². The first kappa shape index (κ1) is 31.0. The van der Waals surface area contributed by atoms with E-state index in [0.29, 0.717) is 0 Å². The maximum atomic E-state index is 12.9. The Hall–Kier alpha value is -1.94. The monoisotopic (exact) mass is 670 g/mol. The van der Waals surface area contributed by atoms with Crippen LogP contribution in [0.3, 0.4) is 0 Å². The second-order valence-electron chi connectivity index (χ2n) is 10.3. The van der Waals surface area contributed by atoms with E-state index < -0.39 is 46.5 Å². The van der Waals surface area contributed by atoms with Crippen molar-refractivity contribution < 1.29 is 38.1 Å². The molecule has 2 saturated carbocycles. The number of ether oxygens (including phenoxy) is 4. The third-order valence-electron chi connectivity index (χ3n) is 6.53. The molecule has 0 heterocycles. The molecule has 2 aliphatic rings. The Labute approximate surface area is 259 Å². The molecular formula is C26H20Cl6O8. The highest BCUT2D eigenvalue weighted by molar-refractivity contribution is 6.47. The summed E-state index contributed by atoms with van der Waals surface area (Å²) in [5.41, 5.74) is -1.26. The molecule has 0 aliphatic heterocycles. The minimum Gasteiger partial charge on any atom is -0.461 e. The molecule has 2 aromatic rings. The fourth-order valence-corrected chi connectivity index (χ4v) is 4.77. The van der Waals surface area contributed by atoms with Gasteiger partial charge in [-0.2, -0.15) is 0 Å². The van der Waals surface area contributed by atoms with E-state index >= 15 is 0 Å². The van der Waals surface area contributed by atoms with Gasteiger partial charge in [0.1, 0.15) is 11.1 Å². The van der Waals surface area contributed by atoms with Crippen LogP contribution in [-0.2, 0) is 19.1 Å². The van der Waals surface area contributed by atoms with Crippen molar-refractivity contribution in [2.45, 2.75) is 39.5 Å². The lowest BCUT2D eigenvalue weighted by molar-refractivity contribution is -0.156. The van der Waals surface area contributed by atoms with Crippen LogP contribution in [0.15, 0.2) is 12.1 Å². The number of halogens is 6. The zero-order chi connectivity index (χ0) is 29.6. The molecule has 8 nitrogen and oxygen atoms in total. The van der Waals surface area contributed by atoms with Gasteiger partial charge in [-0.3, -0.25) is 0 Å². The van der Waals surface area contributed by atoms with Crippen LogP contribution in [0, 0.1) is 10.8 Å². The molecule has 0 saturated heterocycles. The normalized spacial score (nSPS) is 16.1. The van der Waals surface area contributed by atoms with Crippen molar-refractivity contribution in [2.75, 3.05) is 13.2 Å². The van der Waals surface area contributed by atoms with E-state index in [0.717, 1.165) is 37.8 Å². The lowest BCUT2D eigenvalue weighted by Gasteiger charge is -2.16. The van der Waals surface area contributed by atoms with Gasteiger partial charge >= 0.3 is 23.9 Å². The van der Waals surface area contributed by atoms with Crippen LogP contribution in [0.1, 0.15) is 60.2 Å². The van der Waals surface area contributed by atoms with Crippen molar-refractivity contribution in [2.24, 2.45) is 10.8 Å². The van der Waals surface area contributed by atoms with Gasteiger partial charge in [-0.05, 0) is 37.8 Å². The molecular weight excluding hydrogens is 653 g/mol. The van der Waals surface area contributed by atoms with Gasteiger partial charge in [0.15, 0.2) is 11.5 Å². The van der Waals surface area contributed by atoms with Gasteiger partial charge in [-0.15, -0.1) is 0 Å². The van der Waals surface area contributed by atoms with Crippen LogP contribution in [0.25, 0.3) is 0 Å². The van der Waals surface area contributed by atoms with Gasteiger partial charge in [0.05, 0.1) is 43.3 Å². The minimum atomic E-state index is -1.64. The Balaban J connectivity index is 1.57. The summed E-state index contributed by atoms with van der Waals surface area (Å²) in [4.78, 5) is 51.3. The summed E-state index contributed by atoms with van der Waals surface area (Å²) in [5.74, 6) is -6.39. The van der Waals surface area contributed by atoms with Gasteiger partial charge in [-0.25, -0.2) is 19.2 Å². The van der Waals surface area contributed by atoms with Crippen molar-refractivity contribution in [3.05, 3.63) is 53.4 Å². The molecule has 4 rings (SSSR count). The van der Waals surface area contributed by atoms with E-state index in [9.17, 15) is 19.2 Å². The molecule has 0 spiro atoms. The SMILES string of the molecule is CC1(COC(=O)c2c(Cl)c(Cl)cc(Cl)c2OC(=O)C(=O)Oc2c(Cl)cc(Cl)c(Cl)c2C(=O)OCC2(C)CC2)CC1. The summed E-state index contributed by atoms with van der Waals surface area (Å²) in [6.07, 6.45) is 3.46. The summed E-state index contributed by atoms with van der Waals surface area (Å²) in [6, 6.07) is 2.23. The molecule has 0 unspecified atom stereocenters. The van der Waals surface area contributed by atoms with E-state index in [1.54, 1.807) is 0 Å². The lowest BCUT2D eigenvalue weighted by atomic mass is 10.1. The van der Waals surface area contributed by atoms with Crippen LogP contribution >= 0.6 is 69.6 Å². The number of esters is 4. The fourth-order valence-electron chi connectivity index (χ4n) is 3.33. The van der Waals surface area contributed by atoms with Crippen LogP contribution in [0.5, 0.6) is 11.5 Å². The Morgan fingerprint density at radius 1 is 0.625 bits per heavy atom. The van der Waals surface area contributed by atoms with Gasteiger partial charge in [0.25, 0.3) is 0 Å². The van der Waals surface area contributed by atoms with Crippen molar-refractivity contribution in [3.8, 4) is 11.5 Å². The third-order valence-corrected chi connectivity index (χ3v) is 8.66. The quantitative estimate of drug-likeness (QED) is 0.120. The molecule has 2 fully saturated rings. The van der Waals surface area contributed by atoms with Crippen molar-refractivity contribution in [3.63, 3.8) is 0 Å². The Morgan fingerprint density at radius 2 is 0.950 bits per heavy atom. The van der Waals surface area contributed by atoms with E-state index in [-0.39, 0.29) is 54.2 Å². The topological polar surface area (TPSA) is 105 Å². The van der Waals surface area contributed by atoms with Crippen molar-refractivity contribution in [1.82, 2.24) is 0 Å². The van der Waals surface area contributed by atoms with Crippen molar-refractivity contribution >= 4 is 93.5 Å². The zero-order valence-electron chi connectivity index (χ0n) is 20.9. The summed E-state index contributed by atoms with van der Waals surface area (Å²) >= 11 is 36.9. The number of hydrogen-bond donors (Lipinski definition) is 0. The highest BCUT2D eigenvalue weighted by Crippen LogP contribution is 2.47. The predicted octanol–water partition coefficient (Wildman–Crippen LogP) is 8.03. The molecule has 214 valence electrons. The molecule has 2 aromatic carbocycles.